The van der Waals surface area contributed by atoms with Crippen molar-refractivity contribution in [3.05, 3.63) is 0 Å². The predicted molar refractivity (Wildman–Crippen MR) is 48.9 cm³/mol. The zero-order chi connectivity index (χ0) is 9.78. The van der Waals surface area contributed by atoms with Gasteiger partial charge in [0, 0.05) is 6.54 Å². The Labute approximate surface area is 74.0 Å². The van der Waals surface area contributed by atoms with Gasteiger partial charge in [0.2, 0.25) is 0 Å². The molecule has 0 heterocycles. The van der Waals surface area contributed by atoms with E-state index in [1.165, 1.54) is 0 Å². The quantitative estimate of drug-likeness (QED) is 0.661. The van der Waals surface area contributed by atoms with Crippen LogP contribution in [-0.2, 0) is 4.79 Å². The summed E-state index contributed by atoms with van der Waals surface area (Å²) >= 11 is 0. The van der Waals surface area contributed by atoms with Crippen molar-refractivity contribution >= 4 is 5.97 Å². The summed E-state index contributed by atoms with van der Waals surface area (Å²) in [4.78, 5) is 10.9. The second kappa shape index (κ2) is 4.45. The number of carboxylic acids is 1. The highest BCUT2D eigenvalue weighted by Crippen LogP contribution is 2.29. The molecule has 2 unspecified atom stereocenters. The van der Waals surface area contributed by atoms with Crippen molar-refractivity contribution in [1.29, 1.82) is 0 Å². The molecule has 0 amide bonds. The highest BCUT2D eigenvalue weighted by molar-refractivity contribution is 5.74. The fourth-order valence-corrected chi connectivity index (χ4v) is 1.25. The average Bonchev–Trinajstić information content (AvgIpc) is 2.03. The molecule has 72 valence electrons. The highest BCUT2D eigenvalue weighted by atomic mass is 16.4. The van der Waals surface area contributed by atoms with E-state index in [0.717, 1.165) is 12.8 Å². The number of rotatable bonds is 5. The largest absolute Gasteiger partial charge is 0.481 e. The summed E-state index contributed by atoms with van der Waals surface area (Å²) in [6.07, 6.45) is 1.92. The monoisotopic (exact) mass is 173 g/mol. The van der Waals surface area contributed by atoms with Gasteiger partial charge in [-0.3, -0.25) is 4.79 Å². The maximum atomic E-state index is 10.9. The lowest BCUT2D eigenvalue weighted by Gasteiger charge is -2.29. The normalized spacial score (nSPS) is 18.3. The minimum absolute atomic E-state index is 0.144. The van der Waals surface area contributed by atoms with Crippen molar-refractivity contribution in [2.24, 2.45) is 17.1 Å². The van der Waals surface area contributed by atoms with Crippen LogP contribution < -0.4 is 5.73 Å². The van der Waals surface area contributed by atoms with E-state index in [9.17, 15) is 4.79 Å². The Morgan fingerprint density at radius 3 is 2.42 bits per heavy atom. The van der Waals surface area contributed by atoms with E-state index in [2.05, 4.69) is 6.92 Å². The fraction of sp³-hybridized carbons (Fsp3) is 0.889. The SMILES string of the molecule is CCCC(C)C(C)(CN)C(=O)O. The van der Waals surface area contributed by atoms with Crippen LogP contribution in [-0.4, -0.2) is 17.6 Å². The van der Waals surface area contributed by atoms with E-state index in [4.69, 9.17) is 10.8 Å². The van der Waals surface area contributed by atoms with Crippen LogP contribution in [0.1, 0.15) is 33.6 Å². The summed E-state index contributed by atoms with van der Waals surface area (Å²) in [5, 5.41) is 8.95. The first-order valence-corrected chi connectivity index (χ1v) is 4.42. The van der Waals surface area contributed by atoms with Gasteiger partial charge < -0.3 is 10.8 Å². The molecule has 0 aromatic carbocycles. The molecule has 0 aliphatic rings. The molecule has 0 aromatic heterocycles. The topological polar surface area (TPSA) is 63.3 Å². The van der Waals surface area contributed by atoms with Crippen LogP contribution in [0.5, 0.6) is 0 Å². The van der Waals surface area contributed by atoms with Gasteiger partial charge in [0.25, 0.3) is 0 Å². The van der Waals surface area contributed by atoms with Gasteiger partial charge in [0.1, 0.15) is 0 Å². The van der Waals surface area contributed by atoms with Crippen molar-refractivity contribution in [1.82, 2.24) is 0 Å². The van der Waals surface area contributed by atoms with E-state index in [-0.39, 0.29) is 12.5 Å². The summed E-state index contributed by atoms with van der Waals surface area (Å²) in [6.45, 7) is 5.93. The molecule has 0 spiro atoms. The summed E-state index contributed by atoms with van der Waals surface area (Å²) in [6, 6.07) is 0. The van der Waals surface area contributed by atoms with Crippen LogP contribution in [0.3, 0.4) is 0 Å². The molecule has 0 radical (unpaired) electrons. The van der Waals surface area contributed by atoms with E-state index < -0.39 is 11.4 Å². The fourth-order valence-electron chi connectivity index (χ4n) is 1.25. The molecule has 0 saturated heterocycles. The molecule has 0 saturated carbocycles. The molecule has 0 aliphatic heterocycles. The molecule has 0 aromatic rings. The average molecular weight is 173 g/mol. The van der Waals surface area contributed by atoms with E-state index in [1.807, 2.05) is 6.92 Å². The third kappa shape index (κ3) is 2.21. The first-order chi connectivity index (χ1) is 5.49. The molecule has 3 nitrogen and oxygen atoms in total. The Bertz CT molecular complexity index is 159. The Hall–Kier alpha value is -0.570. The Morgan fingerprint density at radius 2 is 2.17 bits per heavy atom. The van der Waals surface area contributed by atoms with Gasteiger partial charge in [-0.2, -0.15) is 0 Å². The van der Waals surface area contributed by atoms with Crippen molar-refractivity contribution in [2.75, 3.05) is 6.54 Å². The zero-order valence-corrected chi connectivity index (χ0v) is 8.13. The molecular formula is C9H19NO2. The maximum Gasteiger partial charge on any atom is 0.310 e. The van der Waals surface area contributed by atoms with Crippen molar-refractivity contribution in [3.8, 4) is 0 Å². The lowest BCUT2D eigenvalue weighted by atomic mass is 9.76. The van der Waals surface area contributed by atoms with E-state index >= 15 is 0 Å². The number of aliphatic carboxylic acids is 1. The van der Waals surface area contributed by atoms with Crippen LogP contribution in [0.15, 0.2) is 0 Å². The summed E-state index contributed by atoms with van der Waals surface area (Å²) in [5.74, 6) is -0.643. The van der Waals surface area contributed by atoms with Crippen LogP contribution >= 0.6 is 0 Å². The maximum absolute atomic E-state index is 10.9. The molecule has 3 N–H and O–H groups in total. The van der Waals surface area contributed by atoms with Crippen molar-refractivity contribution < 1.29 is 9.90 Å². The predicted octanol–water partition coefficient (Wildman–Crippen LogP) is 1.47. The number of carboxylic acid groups (broad SMARTS) is 1. The first kappa shape index (κ1) is 11.4. The Morgan fingerprint density at radius 1 is 1.67 bits per heavy atom. The smallest absolute Gasteiger partial charge is 0.310 e. The molecule has 0 fully saturated rings. The van der Waals surface area contributed by atoms with Crippen LogP contribution in [0.25, 0.3) is 0 Å². The first-order valence-electron chi connectivity index (χ1n) is 4.42. The second-order valence-electron chi connectivity index (χ2n) is 3.62. The minimum atomic E-state index is -0.786. The molecule has 0 bridgehead atoms. The van der Waals surface area contributed by atoms with Gasteiger partial charge in [0.05, 0.1) is 5.41 Å². The number of nitrogens with two attached hydrogens (primary N) is 1. The lowest BCUT2D eigenvalue weighted by molar-refractivity contribution is -0.150. The van der Waals surface area contributed by atoms with Gasteiger partial charge in [0.15, 0.2) is 0 Å². The third-order valence-corrected chi connectivity index (χ3v) is 2.72. The van der Waals surface area contributed by atoms with Crippen LogP contribution in [0.4, 0.5) is 0 Å². The van der Waals surface area contributed by atoms with Gasteiger partial charge >= 0.3 is 5.97 Å². The van der Waals surface area contributed by atoms with Gasteiger partial charge in [-0.15, -0.1) is 0 Å². The van der Waals surface area contributed by atoms with E-state index in [1.54, 1.807) is 6.92 Å². The summed E-state index contributed by atoms with van der Waals surface area (Å²) in [7, 11) is 0. The minimum Gasteiger partial charge on any atom is -0.481 e. The lowest BCUT2D eigenvalue weighted by Crippen LogP contribution is -2.41. The van der Waals surface area contributed by atoms with E-state index in [0.29, 0.717) is 0 Å². The molecule has 2 atom stereocenters. The highest BCUT2D eigenvalue weighted by Gasteiger charge is 2.36. The molecule has 12 heavy (non-hydrogen) atoms. The van der Waals surface area contributed by atoms with Crippen molar-refractivity contribution in [3.63, 3.8) is 0 Å². The van der Waals surface area contributed by atoms with Crippen LogP contribution in [0, 0.1) is 11.3 Å². The summed E-state index contributed by atoms with van der Waals surface area (Å²) in [5.41, 5.74) is 4.70. The third-order valence-electron chi connectivity index (χ3n) is 2.72. The zero-order valence-electron chi connectivity index (χ0n) is 8.13. The van der Waals surface area contributed by atoms with Crippen LogP contribution in [0.2, 0.25) is 0 Å². The van der Waals surface area contributed by atoms with Gasteiger partial charge in [-0.25, -0.2) is 0 Å². The molecule has 0 aliphatic carbocycles. The number of carbonyl (C=O) groups is 1. The number of hydrogen-bond donors (Lipinski definition) is 2. The Balaban J connectivity index is 4.39. The molecule has 3 heteroatoms. The Kier molecular flexibility index (Phi) is 4.24. The van der Waals surface area contributed by atoms with Gasteiger partial charge in [-0.1, -0.05) is 20.3 Å². The van der Waals surface area contributed by atoms with Crippen molar-refractivity contribution in [2.45, 2.75) is 33.6 Å². The standard InChI is InChI=1S/C9H19NO2/c1-4-5-7(2)9(3,6-10)8(11)12/h7H,4-6,10H2,1-3H3,(H,11,12). The van der Waals surface area contributed by atoms with Gasteiger partial charge in [-0.05, 0) is 19.3 Å². The molecule has 0 rings (SSSR count). The summed E-state index contributed by atoms with van der Waals surface area (Å²) < 4.78 is 0. The number of hydrogen-bond acceptors (Lipinski definition) is 2. The second-order valence-corrected chi connectivity index (χ2v) is 3.62. The molecular weight excluding hydrogens is 154 g/mol.